The van der Waals surface area contributed by atoms with E-state index in [1.54, 1.807) is 0 Å². The summed E-state index contributed by atoms with van der Waals surface area (Å²) in [5.74, 6) is -1.01. The van der Waals surface area contributed by atoms with Gasteiger partial charge in [0.1, 0.15) is 6.61 Å². The van der Waals surface area contributed by atoms with Gasteiger partial charge in [0.25, 0.3) is 0 Å². The van der Waals surface area contributed by atoms with Gasteiger partial charge in [-0.25, -0.2) is 9.59 Å². The Bertz CT molecular complexity index is 658. The molecule has 108 valence electrons. The van der Waals surface area contributed by atoms with Crippen LogP contribution in [0.4, 0.5) is 10.5 Å². The zero-order valence-corrected chi connectivity index (χ0v) is 13.0. The number of carboxylic acids is 1. The normalized spacial score (nSPS) is 9.95. The molecule has 6 heteroatoms. The maximum atomic E-state index is 11.7. The van der Waals surface area contributed by atoms with Gasteiger partial charge in [-0.05, 0) is 46.4 Å². The highest BCUT2D eigenvalue weighted by atomic mass is 127. The lowest BCUT2D eigenvalue weighted by Crippen LogP contribution is -2.14. The minimum Gasteiger partial charge on any atom is -0.478 e. The summed E-state index contributed by atoms with van der Waals surface area (Å²) >= 11 is 1.96. The summed E-state index contributed by atoms with van der Waals surface area (Å²) in [7, 11) is 0. The number of carbonyl (C=O) groups excluding carboxylic acids is 1. The van der Waals surface area contributed by atoms with E-state index in [1.165, 1.54) is 18.2 Å². The van der Waals surface area contributed by atoms with Gasteiger partial charge in [-0.2, -0.15) is 0 Å². The quantitative estimate of drug-likeness (QED) is 0.771. The summed E-state index contributed by atoms with van der Waals surface area (Å²) in [4.78, 5) is 22.5. The number of anilines is 1. The summed E-state index contributed by atoms with van der Waals surface area (Å²) in [6, 6.07) is 13.8. The molecule has 0 atom stereocenters. The molecule has 2 N–H and O–H groups in total. The minimum atomic E-state index is -1.01. The minimum absolute atomic E-state index is 0.169. The molecule has 0 aromatic heterocycles. The van der Waals surface area contributed by atoms with Gasteiger partial charge in [0.15, 0.2) is 0 Å². The predicted octanol–water partition coefficient (Wildman–Crippen LogP) is 3.74. The molecule has 0 heterocycles. The summed E-state index contributed by atoms with van der Waals surface area (Å²) in [6.07, 6.45) is -0.583. The number of carbonyl (C=O) groups is 2. The van der Waals surface area contributed by atoms with Crippen LogP contribution in [0.25, 0.3) is 0 Å². The fourth-order valence-corrected chi connectivity index (χ4v) is 2.27. The smallest absolute Gasteiger partial charge is 0.411 e. The predicted molar refractivity (Wildman–Crippen MR) is 86.4 cm³/mol. The second-order valence-electron chi connectivity index (χ2n) is 4.19. The zero-order chi connectivity index (χ0) is 15.2. The molecule has 2 aromatic rings. The molecule has 0 unspecified atom stereocenters. The number of ether oxygens (including phenoxy) is 1. The lowest BCUT2D eigenvalue weighted by Gasteiger charge is -2.09. The summed E-state index contributed by atoms with van der Waals surface area (Å²) < 4.78 is 5.72. The van der Waals surface area contributed by atoms with Crippen LogP contribution >= 0.6 is 22.6 Å². The number of halogens is 1. The largest absolute Gasteiger partial charge is 0.478 e. The first-order chi connectivity index (χ1) is 10.1. The van der Waals surface area contributed by atoms with Crippen molar-refractivity contribution in [3.05, 3.63) is 63.2 Å². The van der Waals surface area contributed by atoms with Crippen molar-refractivity contribution in [3.63, 3.8) is 0 Å². The molecular formula is C15H12INO4. The van der Waals surface area contributed by atoms with Crippen molar-refractivity contribution >= 4 is 40.3 Å². The summed E-state index contributed by atoms with van der Waals surface area (Å²) in [6.45, 7) is 0.177. The van der Waals surface area contributed by atoms with E-state index in [9.17, 15) is 9.59 Å². The SMILES string of the molecule is O=C(Nc1ccc(C(=O)O)cc1I)OCc1ccccc1. The summed E-state index contributed by atoms with van der Waals surface area (Å²) in [5, 5.41) is 11.5. The van der Waals surface area contributed by atoms with Crippen molar-refractivity contribution in [2.75, 3.05) is 5.32 Å². The average Bonchev–Trinajstić information content (AvgIpc) is 2.48. The van der Waals surface area contributed by atoms with Gasteiger partial charge < -0.3 is 9.84 Å². The molecule has 0 aliphatic carbocycles. The number of benzene rings is 2. The van der Waals surface area contributed by atoms with Crippen LogP contribution in [0.2, 0.25) is 0 Å². The Morgan fingerprint density at radius 3 is 2.48 bits per heavy atom. The van der Waals surface area contributed by atoms with Crippen LogP contribution in [-0.2, 0) is 11.3 Å². The van der Waals surface area contributed by atoms with Crippen LogP contribution in [0, 0.1) is 3.57 Å². The third kappa shape index (κ3) is 4.45. The first-order valence-electron chi connectivity index (χ1n) is 6.07. The number of rotatable bonds is 4. The van der Waals surface area contributed by atoms with E-state index in [0.717, 1.165) is 5.56 Å². The second-order valence-corrected chi connectivity index (χ2v) is 5.35. The van der Waals surface area contributed by atoms with E-state index in [4.69, 9.17) is 9.84 Å². The van der Waals surface area contributed by atoms with Crippen LogP contribution < -0.4 is 5.32 Å². The highest BCUT2D eigenvalue weighted by Gasteiger charge is 2.10. The average molecular weight is 397 g/mol. The molecule has 2 aromatic carbocycles. The van der Waals surface area contributed by atoms with E-state index in [0.29, 0.717) is 9.26 Å². The molecule has 21 heavy (non-hydrogen) atoms. The van der Waals surface area contributed by atoms with E-state index in [2.05, 4.69) is 5.32 Å². The first kappa shape index (κ1) is 15.3. The monoisotopic (exact) mass is 397 g/mol. The Morgan fingerprint density at radius 1 is 1.14 bits per heavy atom. The Morgan fingerprint density at radius 2 is 1.86 bits per heavy atom. The van der Waals surface area contributed by atoms with Crippen molar-refractivity contribution in [2.24, 2.45) is 0 Å². The molecule has 0 saturated heterocycles. The molecule has 2 rings (SSSR count). The topological polar surface area (TPSA) is 75.6 Å². The summed E-state index contributed by atoms with van der Waals surface area (Å²) in [5.41, 5.74) is 1.57. The van der Waals surface area contributed by atoms with Crippen molar-refractivity contribution in [1.82, 2.24) is 0 Å². The van der Waals surface area contributed by atoms with E-state index < -0.39 is 12.1 Å². The van der Waals surface area contributed by atoms with Crippen molar-refractivity contribution in [3.8, 4) is 0 Å². The molecule has 0 fully saturated rings. The standard InChI is InChI=1S/C15H12INO4/c16-12-8-11(14(18)19)6-7-13(12)17-15(20)21-9-10-4-2-1-3-5-10/h1-8H,9H2,(H,17,20)(H,18,19). The number of amides is 1. The maximum Gasteiger partial charge on any atom is 0.411 e. The van der Waals surface area contributed by atoms with Crippen LogP contribution in [0.15, 0.2) is 48.5 Å². The van der Waals surface area contributed by atoms with Gasteiger partial charge in [-0.3, -0.25) is 5.32 Å². The molecule has 0 aliphatic heterocycles. The maximum absolute atomic E-state index is 11.7. The fourth-order valence-electron chi connectivity index (χ4n) is 1.62. The highest BCUT2D eigenvalue weighted by Crippen LogP contribution is 2.20. The Hall–Kier alpha value is -2.09. The number of aromatic carboxylic acids is 1. The van der Waals surface area contributed by atoms with Crippen molar-refractivity contribution < 1.29 is 19.4 Å². The van der Waals surface area contributed by atoms with E-state index in [-0.39, 0.29) is 12.2 Å². The van der Waals surface area contributed by atoms with Gasteiger partial charge in [0, 0.05) is 3.57 Å². The van der Waals surface area contributed by atoms with Crippen LogP contribution in [0.3, 0.4) is 0 Å². The van der Waals surface area contributed by atoms with Crippen LogP contribution in [0.1, 0.15) is 15.9 Å². The molecule has 0 radical (unpaired) electrons. The Labute approximate surface area is 135 Å². The third-order valence-corrected chi connectivity index (χ3v) is 3.56. The van der Waals surface area contributed by atoms with Crippen LogP contribution in [-0.4, -0.2) is 17.2 Å². The zero-order valence-electron chi connectivity index (χ0n) is 10.9. The van der Waals surface area contributed by atoms with Gasteiger partial charge in [-0.15, -0.1) is 0 Å². The van der Waals surface area contributed by atoms with E-state index >= 15 is 0 Å². The molecule has 0 aliphatic rings. The first-order valence-corrected chi connectivity index (χ1v) is 7.14. The Kier molecular flexibility index (Phi) is 5.15. The van der Waals surface area contributed by atoms with Crippen molar-refractivity contribution in [1.29, 1.82) is 0 Å². The molecule has 0 spiro atoms. The number of hydrogen-bond acceptors (Lipinski definition) is 3. The molecule has 5 nitrogen and oxygen atoms in total. The highest BCUT2D eigenvalue weighted by molar-refractivity contribution is 14.1. The van der Waals surface area contributed by atoms with Gasteiger partial charge in [0.2, 0.25) is 0 Å². The van der Waals surface area contributed by atoms with Crippen LogP contribution in [0.5, 0.6) is 0 Å². The van der Waals surface area contributed by atoms with Gasteiger partial charge in [0.05, 0.1) is 11.3 Å². The number of nitrogens with one attached hydrogen (secondary N) is 1. The number of carboxylic acid groups (broad SMARTS) is 1. The number of hydrogen-bond donors (Lipinski definition) is 2. The van der Waals surface area contributed by atoms with Crippen molar-refractivity contribution in [2.45, 2.75) is 6.61 Å². The lowest BCUT2D eigenvalue weighted by atomic mass is 10.2. The third-order valence-electron chi connectivity index (χ3n) is 2.67. The van der Waals surface area contributed by atoms with Gasteiger partial charge in [-0.1, -0.05) is 30.3 Å². The van der Waals surface area contributed by atoms with Gasteiger partial charge >= 0.3 is 12.1 Å². The Balaban J connectivity index is 1.95. The molecule has 0 saturated carbocycles. The lowest BCUT2D eigenvalue weighted by molar-refractivity contribution is 0.0697. The molecular weight excluding hydrogens is 385 g/mol. The molecule has 1 amide bonds. The second kappa shape index (κ2) is 7.07. The van der Waals surface area contributed by atoms with E-state index in [1.807, 2.05) is 52.9 Å². The fraction of sp³-hybridized carbons (Fsp3) is 0.0667. The molecule has 0 bridgehead atoms.